The van der Waals surface area contributed by atoms with Gasteiger partial charge in [-0.3, -0.25) is 4.79 Å². The first-order valence-electron chi connectivity index (χ1n) is 8.71. The lowest BCUT2D eigenvalue weighted by atomic mass is 9.92. The molecule has 0 radical (unpaired) electrons. The van der Waals surface area contributed by atoms with Gasteiger partial charge in [-0.25, -0.2) is 0 Å². The summed E-state index contributed by atoms with van der Waals surface area (Å²) in [4.78, 5) is 14.5. The van der Waals surface area contributed by atoms with Gasteiger partial charge in [-0.1, -0.05) is 33.6 Å². The Morgan fingerprint density at radius 3 is 2.48 bits per heavy atom. The molecule has 0 aromatic rings. The molecule has 4 heteroatoms. The maximum atomic E-state index is 12.0. The Morgan fingerprint density at radius 2 is 1.95 bits per heavy atom. The van der Waals surface area contributed by atoms with Crippen LogP contribution in [0.3, 0.4) is 0 Å². The molecule has 0 aromatic heterocycles. The Kier molecular flexibility index (Phi) is 8.93. The lowest BCUT2D eigenvalue weighted by molar-refractivity contribution is -0.146. The molecule has 0 bridgehead atoms. The molecule has 1 aliphatic heterocycles. The zero-order valence-electron chi connectivity index (χ0n) is 14.4. The van der Waals surface area contributed by atoms with Crippen LogP contribution in [-0.2, 0) is 9.53 Å². The van der Waals surface area contributed by atoms with Gasteiger partial charge in [0.1, 0.15) is 6.04 Å². The standard InChI is InChI=1S/C17H34N2O2/c1-5-7-15-8-11-19(12-9-15)13-10-16(18-14(3)4)17(20)21-6-2/h14-16,18H,5-13H2,1-4H3. The molecule has 1 heterocycles. The van der Waals surface area contributed by atoms with Crippen molar-refractivity contribution in [3.63, 3.8) is 0 Å². The van der Waals surface area contributed by atoms with Crippen LogP contribution in [0, 0.1) is 5.92 Å². The average Bonchev–Trinajstić information content (AvgIpc) is 2.45. The van der Waals surface area contributed by atoms with E-state index in [1.54, 1.807) is 0 Å². The Morgan fingerprint density at radius 1 is 1.29 bits per heavy atom. The molecule has 0 aromatic carbocycles. The van der Waals surface area contributed by atoms with Crippen molar-refractivity contribution in [3.05, 3.63) is 0 Å². The molecule has 1 unspecified atom stereocenters. The fraction of sp³-hybridized carbons (Fsp3) is 0.941. The summed E-state index contributed by atoms with van der Waals surface area (Å²) in [6.07, 6.45) is 6.14. The van der Waals surface area contributed by atoms with Gasteiger partial charge in [0.15, 0.2) is 0 Å². The summed E-state index contributed by atoms with van der Waals surface area (Å²) in [7, 11) is 0. The number of hydrogen-bond donors (Lipinski definition) is 1. The van der Waals surface area contributed by atoms with Crippen molar-refractivity contribution >= 4 is 5.97 Å². The number of ether oxygens (including phenoxy) is 1. The van der Waals surface area contributed by atoms with E-state index in [4.69, 9.17) is 4.74 Å². The molecule has 4 nitrogen and oxygen atoms in total. The van der Waals surface area contributed by atoms with Gasteiger partial charge in [0.25, 0.3) is 0 Å². The third-order valence-corrected chi connectivity index (χ3v) is 4.24. The maximum Gasteiger partial charge on any atom is 0.323 e. The molecule has 1 atom stereocenters. The van der Waals surface area contributed by atoms with Crippen molar-refractivity contribution in [1.29, 1.82) is 0 Å². The first kappa shape index (κ1) is 18.4. The first-order valence-corrected chi connectivity index (χ1v) is 8.71. The van der Waals surface area contributed by atoms with E-state index in [1.807, 2.05) is 6.92 Å². The molecule has 1 aliphatic rings. The van der Waals surface area contributed by atoms with E-state index in [-0.39, 0.29) is 12.0 Å². The number of carbonyl (C=O) groups excluding carboxylic acids is 1. The van der Waals surface area contributed by atoms with E-state index in [1.165, 1.54) is 38.8 Å². The molecular weight excluding hydrogens is 264 g/mol. The van der Waals surface area contributed by atoms with E-state index >= 15 is 0 Å². The third kappa shape index (κ3) is 7.28. The van der Waals surface area contributed by atoms with Crippen LogP contribution < -0.4 is 5.32 Å². The SMILES string of the molecule is CCCC1CCN(CCC(NC(C)C)C(=O)OCC)CC1. The van der Waals surface area contributed by atoms with Gasteiger partial charge in [-0.15, -0.1) is 0 Å². The van der Waals surface area contributed by atoms with Crippen LogP contribution in [-0.4, -0.2) is 49.2 Å². The van der Waals surface area contributed by atoms with E-state index in [0.29, 0.717) is 12.6 Å². The third-order valence-electron chi connectivity index (χ3n) is 4.24. The quantitative estimate of drug-likeness (QED) is 0.665. The molecule has 0 aliphatic carbocycles. The molecule has 0 amide bonds. The van der Waals surface area contributed by atoms with Crippen molar-refractivity contribution in [2.24, 2.45) is 5.92 Å². The predicted molar refractivity (Wildman–Crippen MR) is 87.4 cm³/mol. The highest BCUT2D eigenvalue weighted by molar-refractivity contribution is 5.75. The summed E-state index contributed by atoms with van der Waals surface area (Å²) in [6.45, 7) is 12.1. The maximum absolute atomic E-state index is 12.0. The van der Waals surface area contributed by atoms with E-state index < -0.39 is 0 Å². The van der Waals surface area contributed by atoms with Gasteiger partial charge in [-0.2, -0.15) is 0 Å². The Labute approximate surface area is 130 Å². The predicted octanol–water partition coefficient (Wildman–Crippen LogP) is 2.82. The van der Waals surface area contributed by atoms with Gasteiger partial charge in [0, 0.05) is 12.6 Å². The molecule has 21 heavy (non-hydrogen) atoms. The molecular formula is C17H34N2O2. The number of nitrogens with zero attached hydrogens (tertiary/aromatic N) is 1. The Bertz CT molecular complexity index is 287. The lowest BCUT2D eigenvalue weighted by Gasteiger charge is -2.32. The van der Waals surface area contributed by atoms with Gasteiger partial charge >= 0.3 is 5.97 Å². The smallest absolute Gasteiger partial charge is 0.323 e. The van der Waals surface area contributed by atoms with Gasteiger partial charge in [-0.05, 0) is 45.2 Å². The molecule has 1 N–H and O–H groups in total. The summed E-state index contributed by atoms with van der Waals surface area (Å²) in [5.74, 6) is 0.813. The number of esters is 1. The van der Waals surface area contributed by atoms with Crippen LogP contribution in [0.4, 0.5) is 0 Å². The monoisotopic (exact) mass is 298 g/mol. The lowest BCUT2D eigenvalue weighted by Crippen LogP contribution is -2.45. The minimum atomic E-state index is -0.168. The van der Waals surface area contributed by atoms with Crippen LogP contribution >= 0.6 is 0 Å². The van der Waals surface area contributed by atoms with Crippen molar-refractivity contribution < 1.29 is 9.53 Å². The Hall–Kier alpha value is -0.610. The largest absolute Gasteiger partial charge is 0.465 e. The van der Waals surface area contributed by atoms with Crippen LogP contribution in [0.25, 0.3) is 0 Å². The summed E-state index contributed by atoms with van der Waals surface area (Å²) < 4.78 is 5.17. The van der Waals surface area contributed by atoms with E-state index in [0.717, 1.165) is 18.9 Å². The molecule has 1 fully saturated rings. The molecule has 124 valence electrons. The highest BCUT2D eigenvalue weighted by Crippen LogP contribution is 2.21. The second-order valence-corrected chi connectivity index (χ2v) is 6.49. The number of rotatable bonds is 9. The molecule has 1 saturated heterocycles. The summed E-state index contributed by atoms with van der Waals surface area (Å²) >= 11 is 0. The van der Waals surface area contributed by atoms with Crippen molar-refractivity contribution in [1.82, 2.24) is 10.2 Å². The summed E-state index contributed by atoms with van der Waals surface area (Å²) in [5, 5.41) is 3.33. The second kappa shape index (κ2) is 10.2. The first-order chi connectivity index (χ1) is 10.1. The summed E-state index contributed by atoms with van der Waals surface area (Å²) in [6, 6.07) is 0.132. The molecule has 0 saturated carbocycles. The fourth-order valence-corrected chi connectivity index (χ4v) is 3.13. The van der Waals surface area contributed by atoms with Crippen LogP contribution in [0.5, 0.6) is 0 Å². The fourth-order valence-electron chi connectivity index (χ4n) is 3.13. The molecule has 0 spiro atoms. The zero-order chi connectivity index (χ0) is 15.7. The van der Waals surface area contributed by atoms with E-state index in [9.17, 15) is 4.79 Å². The van der Waals surface area contributed by atoms with Gasteiger partial charge in [0.05, 0.1) is 6.61 Å². The number of likely N-dealkylation sites (tertiary alicyclic amines) is 1. The van der Waals surface area contributed by atoms with Crippen LogP contribution in [0.15, 0.2) is 0 Å². The highest BCUT2D eigenvalue weighted by atomic mass is 16.5. The van der Waals surface area contributed by atoms with Crippen molar-refractivity contribution in [2.75, 3.05) is 26.2 Å². The minimum absolute atomic E-state index is 0.105. The van der Waals surface area contributed by atoms with Gasteiger partial charge in [0.2, 0.25) is 0 Å². The van der Waals surface area contributed by atoms with Crippen molar-refractivity contribution in [3.8, 4) is 0 Å². The molecule has 1 rings (SSSR count). The topological polar surface area (TPSA) is 41.6 Å². The zero-order valence-corrected chi connectivity index (χ0v) is 14.4. The summed E-state index contributed by atoms with van der Waals surface area (Å²) in [5.41, 5.74) is 0. The van der Waals surface area contributed by atoms with Crippen LogP contribution in [0.2, 0.25) is 0 Å². The van der Waals surface area contributed by atoms with E-state index in [2.05, 4.69) is 31.0 Å². The van der Waals surface area contributed by atoms with Crippen molar-refractivity contribution in [2.45, 2.75) is 71.9 Å². The Balaban J connectivity index is 2.34. The number of nitrogens with one attached hydrogen (secondary N) is 1. The normalized spacial score (nSPS) is 18.9. The number of hydrogen-bond acceptors (Lipinski definition) is 4. The van der Waals surface area contributed by atoms with Gasteiger partial charge < -0.3 is 15.0 Å². The highest BCUT2D eigenvalue weighted by Gasteiger charge is 2.23. The number of carbonyl (C=O) groups is 1. The number of piperidine rings is 1. The minimum Gasteiger partial charge on any atom is -0.465 e. The van der Waals surface area contributed by atoms with Crippen LogP contribution in [0.1, 0.15) is 59.8 Å². The average molecular weight is 298 g/mol. The second-order valence-electron chi connectivity index (χ2n) is 6.49.